The summed E-state index contributed by atoms with van der Waals surface area (Å²) in [7, 11) is 0. The highest BCUT2D eigenvalue weighted by Crippen LogP contribution is 2.25. The van der Waals surface area contributed by atoms with Gasteiger partial charge in [-0.05, 0) is 50.7 Å². The van der Waals surface area contributed by atoms with Crippen molar-refractivity contribution in [3.8, 4) is 0 Å². The first-order valence-electron chi connectivity index (χ1n) is 11.8. The van der Waals surface area contributed by atoms with Gasteiger partial charge in [-0.25, -0.2) is 0 Å². The van der Waals surface area contributed by atoms with Gasteiger partial charge < -0.3 is 24.7 Å². The molecule has 6 nitrogen and oxygen atoms in total. The van der Waals surface area contributed by atoms with Gasteiger partial charge in [-0.2, -0.15) is 0 Å². The molecule has 2 N–H and O–H groups in total. The van der Waals surface area contributed by atoms with E-state index in [1.165, 1.54) is 58.0 Å². The Morgan fingerprint density at radius 3 is 2.60 bits per heavy atom. The Bertz CT molecular complexity index is 605. The van der Waals surface area contributed by atoms with Crippen molar-refractivity contribution in [1.82, 2.24) is 15.5 Å². The van der Waals surface area contributed by atoms with Gasteiger partial charge in [0.2, 0.25) is 0 Å². The van der Waals surface area contributed by atoms with Crippen LogP contribution in [0, 0.1) is 0 Å². The maximum absolute atomic E-state index is 5.75. The minimum Gasteiger partial charge on any atom is -0.469 e. The lowest BCUT2D eigenvalue weighted by Gasteiger charge is -2.39. The standard InChI is InChI=1S/C23H38N4O2.HI/c1-2-6-20(7-3-1)27-14-11-19(12-15-27)26-23(25-18-22-9-5-17-29-22)24-13-10-21-8-4-16-28-21;/h4,8,16,19-20,22H,1-3,5-7,9-15,17-18H2,(H2,24,25,26);1H. The molecule has 1 aromatic heterocycles. The van der Waals surface area contributed by atoms with E-state index in [1.807, 2.05) is 12.1 Å². The molecular formula is C23H39IN4O2. The van der Waals surface area contributed by atoms with Gasteiger partial charge in [-0.1, -0.05) is 19.3 Å². The second kappa shape index (κ2) is 12.9. The molecule has 1 atom stereocenters. The Labute approximate surface area is 198 Å². The Morgan fingerprint density at radius 1 is 1.07 bits per heavy atom. The van der Waals surface area contributed by atoms with Crippen LogP contribution in [0.5, 0.6) is 0 Å². The lowest BCUT2D eigenvalue weighted by Crippen LogP contribution is -2.51. The lowest BCUT2D eigenvalue weighted by molar-refractivity contribution is 0.116. The summed E-state index contributed by atoms with van der Waals surface area (Å²) < 4.78 is 11.2. The van der Waals surface area contributed by atoms with Crippen LogP contribution in [0.4, 0.5) is 0 Å². The van der Waals surface area contributed by atoms with E-state index in [4.69, 9.17) is 14.1 Å². The van der Waals surface area contributed by atoms with Crippen molar-refractivity contribution < 1.29 is 9.15 Å². The number of rotatable bonds is 7. The van der Waals surface area contributed by atoms with Gasteiger partial charge in [0.05, 0.1) is 18.9 Å². The van der Waals surface area contributed by atoms with Crippen molar-refractivity contribution in [2.45, 2.75) is 82.4 Å². The second-order valence-electron chi connectivity index (χ2n) is 8.83. The van der Waals surface area contributed by atoms with Crippen LogP contribution in [0.2, 0.25) is 0 Å². The van der Waals surface area contributed by atoms with E-state index in [-0.39, 0.29) is 30.1 Å². The number of likely N-dealkylation sites (tertiary alicyclic amines) is 1. The Hall–Kier alpha value is -0.800. The smallest absolute Gasteiger partial charge is 0.191 e. The number of nitrogens with zero attached hydrogens (tertiary/aromatic N) is 2. The SMILES string of the molecule is I.c1coc(CCNC(=NCC2CCCO2)NC2CCN(C3CCCCC3)CC2)c1. The first-order valence-corrected chi connectivity index (χ1v) is 11.8. The van der Waals surface area contributed by atoms with Crippen LogP contribution in [0.3, 0.4) is 0 Å². The molecule has 4 rings (SSSR count). The molecule has 0 bridgehead atoms. The predicted octanol–water partition coefficient (Wildman–Crippen LogP) is 3.95. The summed E-state index contributed by atoms with van der Waals surface area (Å²) >= 11 is 0. The lowest BCUT2D eigenvalue weighted by atomic mass is 9.92. The summed E-state index contributed by atoms with van der Waals surface area (Å²) in [6, 6.07) is 5.32. The van der Waals surface area contributed by atoms with E-state index in [0.29, 0.717) is 6.04 Å². The number of hydrogen-bond donors (Lipinski definition) is 2. The molecule has 0 amide bonds. The molecule has 1 aliphatic carbocycles. The van der Waals surface area contributed by atoms with Crippen LogP contribution in [0.25, 0.3) is 0 Å². The Balaban J connectivity index is 0.00000256. The maximum atomic E-state index is 5.75. The molecule has 3 fully saturated rings. The third-order valence-electron chi connectivity index (χ3n) is 6.68. The van der Waals surface area contributed by atoms with E-state index < -0.39 is 0 Å². The van der Waals surface area contributed by atoms with Crippen LogP contribution in [0.15, 0.2) is 27.8 Å². The minimum atomic E-state index is 0. The zero-order valence-electron chi connectivity index (χ0n) is 18.2. The van der Waals surface area contributed by atoms with E-state index in [9.17, 15) is 0 Å². The zero-order valence-corrected chi connectivity index (χ0v) is 20.5. The van der Waals surface area contributed by atoms with Crippen LogP contribution in [-0.4, -0.2) is 61.8 Å². The molecule has 0 aromatic carbocycles. The number of furan rings is 1. The maximum Gasteiger partial charge on any atom is 0.191 e. The third-order valence-corrected chi connectivity index (χ3v) is 6.68. The largest absolute Gasteiger partial charge is 0.469 e. The van der Waals surface area contributed by atoms with E-state index in [1.54, 1.807) is 6.26 Å². The molecule has 1 saturated carbocycles. The topological polar surface area (TPSA) is 62.0 Å². The molecule has 0 radical (unpaired) electrons. The molecule has 170 valence electrons. The van der Waals surface area contributed by atoms with E-state index in [0.717, 1.165) is 56.7 Å². The summed E-state index contributed by atoms with van der Waals surface area (Å²) in [4.78, 5) is 7.59. The molecule has 2 saturated heterocycles. The number of ether oxygens (including phenoxy) is 1. The summed E-state index contributed by atoms with van der Waals surface area (Å²) in [6.07, 6.45) is 14.7. The average molecular weight is 530 g/mol. The van der Waals surface area contributed by atoms with Gasteiger partial charge in [0.15, 0.2) is 5.96 Å². The van der Waals surface area contributed by atoms with Crippen molar-refractivity contribution in [2.75, 3.05) is 32.8 Å². The quantitative estimate of drug-likeness (QED) is 0.318. The summed E-state index contributed by atoms with van der Waals surface area (Å²) in [5.41, 5.74) is 0. The van der Waals surface area contributed by atoms with Gasteiger partial charge in [0.25, 0.3) is 0 Å². The zero-order chi connectivity index (χ0) is 19.7. The van der Waals surface area contributed by atoms with Gasteiger partial charge in [-0.15, -0.1) is 24.0 Å². The van der Waals surface area contributed by atoms with Gasteiger partial charge in [-0.3, -0.25) is 4.99 Å². The third kappa shape index (κ3) is 7.41. The van der Waals surface area contributed by atoms with Gasteiger partial charge in [0, 0.05) is 44.7 Å². The average Bonchev–Trinajstić information content (AvgIpc) is 3.47. The number of aliphatic imine (C=N–C) groups is 1. The van der Waals surface area contributed by atoms with Crippen molar-refractivity contribution in [2.24, 2.45) is 4.99 Å². The summed E-state index contributed by atoms with van der Waals surface area (Å²) in [6.45, 7) is 4.89. The van der Waals surface area contributed by atoms with Crippen molar-refractivity contribution in [3.63, 3.8) is 0 Å². The fourth-order valence-electron chi connectivity index (χ4n) is 4.94. The second-order valence-corrected chi connectivity index (χ2v) is 8.83. The van der Waals surface area contributed by atoms with E-state index in [2.05, 4.69) is 15.5 Å². The monoisotopic (exact) mass is 530 g/mol. The highest BCUT2D eigenvalue weighted by Gasteiger charge is 2.26. The first-order chi connectivity index (χ1) is 14.4. The molecule has 30 heavy (non-hydrogen) atoms. The first kappa shape index (κ1) is 23.9. The van der Waals surface area contributed by atoms with Crippen LogP contribution < -0.4 is 10.6 Å². The molecule has 0 spiro atoms. The molecular weight excluding hydrogens is 491 g/mol. The van der Waals surface area contributed by atoms with Gasteiger partial charge >= 0.3 is 0 Å². The normalized spacial score (nSPS) is 24.5. The van der Waals surface area contributed by atoms with Crippen LogP contribution >= 0.6 is 24.0 Å². The number of nitrogens with one attached hydrogen (secondary N) is 2. The summed E-state index contributed by atoms with van der Waals surface area (Å²) in [5, 5.41) is 7.22. The number of halogens is 1. The van der Waals surface area contributed by atoms with Crippen molar-refractivity contribution >= 4 is 29.9 Å². The van der Waals surface area contributed by atoms with Crippen LogP contribution in [-0.2, 0) is 11.2 Å². The molecule has 3 aliphatic rings. The number of hydrogen-bond acceptors (Lipinski definition) is 4. The summed E-state index contributed by atoms with van der Waals surface area (Å²) in [5.74, 6) is 1.94. The van der Waals surface area contributed by atoms with E-state index >= 15 is 0 Å². The fourth-order valence-corrected chi connectivity index (χ4v) is 4.94. The van der Waals surface area contributed by atoms with Gasteiger partial charge in [0.1, 0.15) is 5.76 Å². The highest BCUT2D eigenvalue weighted by atomic mass is 127. The fraction of sp³-hybridized carbons (Fsp3) is 0.783. The molecule has 1 unspecified atom stereocenters. The molecule has 1 aromatic rings. The predicted molar refractivity (Wildman–Crippen MR) is 132 cm³/mol. The van der Waals surface area contributed by atoms with Crippen molar-refractivity contribution in [3.05, 3.63) is 24.2 Å². The molecule has 7 heteroatoms. The van der Waals surface area contributed by atoms with Crippen molar-refractivity contribution in [1.29, 1.82) is 0 Å². The Morgan fingerprint density at radius 2 is 1.90 bits per heavy atom. The minimum absolute atomic E-state index is 0. The Kier molecular flexibility index (Phi) is 10.3. The number of guanidine groups is 1. The molecule has 2 aliphatic heterocycles. The molecule has 3 heterocycles. The highest BCUT2D eigenvalue weighted by molar-refractivity contribution is 14.0. The number of piperidine rings is 1. The van der Waals surface area contributed by atoms with Crippen LogP contribution in [0.1, 0.15) is 63.5 Å².